The zero-order valence-electron chi connectivity index (χ0n) is 16.9. The SMILES string of the molecule is CC(C)[C@H]1CC[C@H](C)CC1C[B]CC1C[C@@H](C)CC[C@@H]1C(C)C. The van der Waals surface area contributed by atoms with Gasteiger partial charge in [-0.3, -0.25) is 0 Å². The van der Waals surface area contributed by atoms with Crippen molar-refractivity contribution in [3.8, 4) is 0 Å². The largest absolute Gasteiger partial charge is 0.110 e. The van der Waals surface area contributed by atoms with Gasteiger partial charge in [-0.05, 0) is 73.0 Å². The average molecular weight is 317 g/mol. The van der Waals surface area contributed by atoms with Crippen molar-refractivity contribution in [3.63, 3.8) is 0 Å². The van der Waals surface area contributed by atoms with E-state index in [1.54, 1.807) is 0 Å². The molecule has 0 aromatic carbocycles. The molecule has 0 aliphatic heterocycles. The normalized spacial score (nSPS) is 39.0. The molecule has 0 aromatic heterocycles. The molecule has 0 N–H and O–H groups in total. The monoisotopic (exact) mass is 317 g/mol. The highest BCUT2D eigenvalue weighted by atomic mass is 14.4. The van der Waals surface area contributed by atoms with Crippen LogP contribution in [-0.4, -0.2) is 7.28 Å². The molecule has 133 valence electrons. The van der Waals surface area contributed by atoms with Crippen LogP contribution in [0.5, 0.6) is 0 Å². The Morgan fingerprint density at radius 1 is 0.696 bits per heavy atom. The van der Waals surface area contributed by atoms with Crippen molar-refractivity contribution < 1.29 is 0 Å². The van der Waals surface area contributed by atoms with Gasteiger partial charge in [-0.2, -0.15) is 0 Å². The van der Waals surface area contributed by atoms with Crippen LogP contribution in [0.3, 0.4) is 0 Å². The third-order valence-corrected chi connectivity index (χ3v) is 7.26. The van der Waals surface area contributed by atoms with E-state index in [9.17, 15) is 0 Å². The van der Waals surface area contributed by atoms with Gasteiger partial charge >= 0.3 is 0 Å². The van der Waals surface area contributed by atoms with Crippen molar-refractivity contribution in [1.82, 2.24) is 0 Å². The van der Waals surface area contributed by atoms with Crippen LogP contribution in [0.2, 0.25) is 12.6 Å². The van der Waals surface area contributed by atoms with Gasteiger partial charge in [0.2, 0.25) is 0 Å². The van der Waals surface area contributed by atoms with E-state index in [2.05, 4.69) is 48.8 Å². The molecule has 0 bridgehead atoms. The summed E-state index contributed by atoms with van der Waals surface area (Å²) in [6.45, 7) is 14.7. The second-order valence-electron chi connectivity index (χ2n) is 9.93. The second-order valence-corrected chi connectivity index (χ2v) is 9.93. The van der Waals surface area contributed by atoms with Crippen molar-refractivity contribution in [1.29, 1.82) is 0 Å². The predicted octanol–water partition coefficient (Wildman–Crippen LogP) is 6.94. The molecular formula is C22H42B. The highest BCUT2D eigenvalue weighted by molar-refractivity contribution is 6.35. The molecule has 6 atom stereocenters. The molecule has 1 heteroatoms. The Morgan fingerprint density at radius 3 is 1.43 bits per heavy atom. The predicted molar refractivity (Wildman–Crippen MR) is 105 cm³/mol. The Labute approximate surface area is 147 Å². The lowest BCUT2D eigenvalue weighted by Crippen LogP contribution is -2.31. The maximum Gasteiger partial charge on any atom is 0.110 e. The molecule has 2 aliphatic carbocycles. The summed E-state index contributed by atoms with van der Waals surface area (Å²) in [5.41, 5.74) is 0. The minimum Gasteiger partial charge on any atom is -0.0772 e. The van der Waals surface area contributed by atoms with Crippen LogP contribution in [0.4, 0.5) is 0 Å². The maximum atomic E-state index is 2.72. The van der Waals surface area contributed by atoms with E-state index < -0.39 is 0 Å². The van der Waals surface area contributed by atoms with Crippen LogP contribution in [-0.2, 0) is 0 Å². The summed E-state index contributed by atoms with van der Waals surface area (Å²) in [4.78, 5) is 0. The Morgan fingerprint density at radius 2 is 1.09 bits per heavy atom. The van der Waals surface area contributed by atoms with Crippen LogP contribution in [0.15, 0.2) is 0 Å². The summed E-state index contributed by atoms with van der Waals surface area (Å²) in [6.07, 6.45) is 11.6. The zero-order chi connectivity index (χ0) is 17.0. The minimum absolute atomic E-state index is 0.874. The summed E-state index contributed by atoms with van der Waals surface area (Å²) in [5, 5.41) is 0. The molecule has 2 unspecified atom stereocenters. The van der Waals surface area contributed by atoms with Gasteiger partial charge < -0.3 is 0 Å². The van der Waals surface area contributed by atoms with E-state index >= 15 is 0 Å². The molecule has 0 spiro atoms. The topological polar surface area (TPSA) is 0 Å². The smallest absolute Gasteiger partial charge is 0.0772 e. The maximum absolute atomic E-state index is 2.72. The molecule has 0 saturated heterocycles. The Kier molecular flexibility index (Phi) is 7.55. The Balaban J connectivity index is 1.83. The fraction of sp³-hybridized carbons (Fsp3) is 1.00. The molecule has 0 heterocycles. The van der Waals surface area contributed by atoms with Crippen molar-refractivity contribution in [2.75, 3.05) is 0 Å². The van der Waals surface area contributed by atoms with Gasteiger partial charge in [0.25, 0.3) is 0 Å². The first-order valence-corrected chi connectivity index (χ1v) is 10.7. The molecule has 0 aromatic rings. The highest BCUT2D eigenvalue weighted by Gasteiger charge is 2.33. The summed E-state index contributed by atoms with van der Waals surface area (Å²) in [5.74, 6) is 7.57. The van der Waals surface area contributed by atoms with Gasteiger partial charge in [-0.15, -0.1) is 0 Å². The third-order valence-electron chi connectivity index (χ3n) is 7.26. The summed E-state index contributed by atoms with van der Waals surface area (Å²) in [7, 11) is 2.72. The molecule has 0 nitrogen and oxygen atoms in total. The van der Waals surface area contributed by atoms with E-state index in [1.165, 1.54) is 51.2 Å². The Hall–Kier alpha value is 0.0649. The van der Waals surface area contributed by atoms with Crippen LogP contribution >= 0.6 is 0 Å². The molecule has 1 radical (unpaired) electrons. The van der Waals surface area contributed by atoms with Crippen LogP contribution < -0.4 is 0 Å². The summed E-state index contributed by atoms with van der Waals surface area (Å²) >= 11 is 0. The summed E-state index contributed by atoms with van der Waals surface area (Å²) < 4.78 is 0. The fourth-order valence-electron chi connectivity index (χ4n) is 5.87. The third kappa shape index (κ3) is 5.53. The van der Waals surface area contributed by atoms with Gasteiger partial charge in [0.1, 0.15) is 7.28 Å². The molecule has 2 fully saturated rings. The lowest BCUT2D eigenvalue weighted by atomic mass is 9.54. The quantitative estimate of drug-likeness (QED) is 0.465. The first-order valence-electron chi connectivity index (χ1n) is 10.7. The molecule has 2 saturated carbocycles. The van der Waals surface area contributed by atoms with E-state index in [0.717, 1.165) is 47.3 Å². The first kappa shape index (κ1) is 19.4. The van der Waals surface area contributed by atoms with E-state index in [-0.39, 0.29) is 0 Å². The van der Waals surface area contributed by atoms with Crippen LogP contribution in [0, 0.1) is 47.3 Å². The molecule has 0 amide bonds. The summed E-state index contributed by atoms with van der Waals surface area (Å²) in [6, 6.07) is 0. The highest BCUT2D eigenvalue weighted by Crippen LogP contribution is 2.42. The van der Waals surface area contributed by atoms with Crippen LogP contribution in [0.25, 0.3) is 0 Å². The van der Waals surface area contributed by atoms with Crippen molar-refractivity contribution in [2.45, 2.75) is 92.7 Å². The van der Waals surface area contributed by atoms with Gasteiger partial charge in [-0.1, -0.05) is 67.0 Å². The lowest BCUT2D eigenvalue weighted by Gasteiger charge is -2.39. The zero-order valence-corrected chi connectivity index (χ0v) is 16.9. The molecule has 2 rings (SSSR count). The second kappa shape index (κ2) is 8.96. The Bertz CT molecular complexity index is 303. The average Bonchev–Trinajstić information content (AvgIpc) is 2.46. The number of hydrogen-bond donors (Lipinski definition) is 0. The fourth-order valence-corrected chi connectivity index (χ4v) is 5.87. The van der Waals surface area contributed by atoms with Gasteiger partial charge in [0, 0.05) is 0 Å². The number of hydrogen-bond acceptors (Lipinski definition) is 0. The van der Waals surface area contributed by atoms with E-state index in [1.807, 2.05) is 0 Å². The van der Waals surface area contributed by atoms with Gasteiger partial charge in [0.05, 0.1) is 0 Å². The van der Waals surface area contributed by atoms with Crippen molar-refractivity contribution in [3.05, 3.63) is 0 Å². The lowest BCUT2D eigenvalue weighted by molar-refractivity contribution is 0.152. The standard InChI is InChI=1S/C22H42B/c1-15(2)21-9-7-17(5)11-19(21)13-23-14-20-12-18(6)8-10-22(20)16(3)4/h15-22H,7-14H2,1-6H3/t17-,18-,19?,20?,21+,22+/m0/s1. The molecular weight excluding hydrogens is 275 g/mol. The van der Waals surface area contributed by atoms with E-state index in [0.29, 0.717) is 0 Å². The van der Waals surface area contributed by atoms with Crippen LogP contribution in [0.1, 0.15) is 80.1 Å². The minimum atomic E-state index is 0.874. The first-order chi connectivity index (χ1) is 10.9. The molecule has 23 heavy (non-hydrogen) atoms. The van der Waals surface area contributed by atoms with Gasteiger partial charge in [-0.25, -0.2) is 0 Å². The number of rotatable bonds is 6. The van der Waals surface area contributed by atoms with Crippen molar-refractivity contribution >= 4 is 7.28 Å². The van der Waals surface area contributed by atoms with Gasteiger partial charge in [0.15, 0.2) is 0 Å². The molecule has 2 aliphatic rings. The van der Waals surface area contributed by atoms with E-state index in [4.69, 9.17) is 0 Å². The van der Waals surface area contributed by atoms with Crippen molar-refractivity contribution in [2.24, 2.45) is 47.3 Å².